The van der Waals surface area contributed by atoms with Gasteiger partial charge in [-0.1, -0.05) is 71.5 Å². The minimum atomic E-state index is -0.0181. The Morgan fingerprint density at radius 3 is 2.44 bits per heavy atom. The van der Waals surface area contributed by atoms with Crippen LogP contribution in [0.15, 0.2) is 72.8 Å². The van der Waals surface area contributed by atoms with E-state index in [2.05, 4.69) is 0 Å². The highest BCUT2D eigenvalue weighted by Crippen LogP contribution is 2.31. The Kier molecular flexibility index (Phi) is 4.73. The molecular weight excluding hydrogens is 352 g/mol. The molecule has 4 aromatic rings. The summed E-state index contributed by atoms with van der Waals surface area (Å²) in [6, 6.07) is 24.0. The Morgan fingerprint density at radius 1 is 0.963 bits per heavy atom. The van der Waals surface area contributed by atoms with Gasteiger partial charge in [0.1, 0.15) is 0 Å². The van der Waals surface area contributed by atoms with Crippen molar-refractivity contribution in [1.82, 2.24) is 4.98 Å². The molecule has 4 rings (SSSR count). The Morgan fingerprint density at radius 2 is 1.70 bits per heavy atom. The van der Waals surface area contributed by atoms with Crippen molar-refractivity contribution in [1.29, 1.82) is 0 Å². The summed E-state index contributed by atoms with van der Waals surface area (Å²) in [5.41, 5.74) is 4.85. The van der Waals surface area contributed by atoms with Crippen molar-refractivity contribution in [2.24, 2.45) is 0 Å². The Labute approximate surface area is 162 Å². The lowest BCUT2D eigenvalue weighted by Crippen LogP contribution is -2.30. The van der Waals surface area contributed by atoms with Gasteiger partial charge in [-0.2, -0.15) is 0 Å². The number of hydrogen-bond donors (Lipinski definition) is 0. The predicted molar refractivity (Wildman–Crippen MR) is 112 cm³/mol. The molecule has 0 N–H and O–H groups in total. The van der Waals surface area contributed by atoms with E-state index in [9.17, 15) is 4.79 Å². The molecule has 3 aromatic carbocycles. The number of carbonyl (C=O) groups excluding carboxylic acids is 1. The van der Waals surface area contributed by atoms with Crippen LogP contribution >= 0.6 is 11.3 Å². The number of benzene rings is 3. The zero-order valence-electron chi connectivity index (χ0n) is 15.3. The fourth-order valence-corrected chi connectivity index (χ4v) is 4.13. The van der Waals surface area contributed by atoms with E-state index in [1.54, 1.807) is 16.2 Å². The van der Waals surface area contributed by atoms with E-state index in [0.29, 0.717) is 6.54 Å². The van der Waals surface area contributed by atoms with Gasteiger partial charge in [0.25, 0.3) is 5.91 Å². The molecule has 0 aliphatic rings. The summed E-state index contributed by atoms with van der Waals surface area (Å²) in [7, 11) is 0. The molecule has 27 heavy (non-hydrogen) atoms. The fraction of sp³-hybridized carbons (Fsp3) is 0.130. The topological polar surface area (TPSA) is 33.2 Å². The first-order valence-electron chi connectivity index (χ1n) is 8.90. The van der Waals surface area contributed by atoms with Gasteiger partial charge in [-0.25, -0.2) is 4.98 Å². The lowest BCUT2D eigenvalue weighted by atomic mass is 10.0. The molecule has 0 radical (unpaired) electrons. The SMILES string of the molecule is Cc1ccc(C(=O)N(Cc2ccccc2)c2nc3ccccc3s2)c(C)c1. The van der Waals surface area contributed by atoms with Gasteiger partial charge in [0, 0.05) is 5.56 Å². The van der Waals surface area contributed by atoms with E-state index in [-0.39, 0.29) is 5.91 Å². The third-order valence-electron chi connectivity index (χ3n) is 4.55. The molecule has 0 bridgehead atoms. The highest BCUT2D eigenvalue weighted by atomic mass is 32.1. The van der Waals surface area contributed by atoms with Crippen LogP contribution in [-0.2, 0) is 6.54 Å². The van der Waals surface area contributed by atoms with Crippen molar-refractivity contribution in [3.63, 3.8) is 0 Å². The smallest absolute Gasteiger partial charge is 0.260 e. The van der Waals surface area contributed by atoms with Gasteiger partial charge in [-0.15, -0.1) is 0 Å². The number of thiazole rings is 1. The van der Waals surface area contributed by atoms with Gasteiger partial charge in [0.15, 0.2) is 5.13 Å². The number of aryl methyl sites for hydroxylation is 2. The monoisotopic (exact) mass is 372 g/mol. The van der Waals surface area contributed by atoms with E-state index in [0.717, 1.165) is 37.6 Å². The molecule has 0 atom stereocenters. The minimum absolute atomic E-state index is 0.0181. The van der Waals surface area contributed by atoms with Gasteiger partial charge in [0.05, 0.1) is 16.8 Å². The number of hydrogen-bond acceptors (Lipinski definition) is 3. The van der Waals surface area contributed by atoms with E-state index >= 15 is 0 Å². The fourth-order valence-electron chi connectivity index (χ4n) is 3.17. The molecule has 0 aliphatic heterocycles. The van der Waals surface area contributed by atoms with Crippen LogP contribution in [-0.4, -0.2) is 10.9 Å². The first-order valence-corrected chi connectivity index (χ1v) is 9.72. The Bertz CT molecular complexity index is 1070. The zero-order valence-corrected chi connectivity index (χ0v) is 16.2. The maximum Gasteiger partial charge on any atom is 0.260 e. The van der Waals surface area contributed by atoms with E-state index in [1.165, 1.54) is 0 Å². The third kappa shape index (κ3) is 3.62. The highest BCUT2D eigenvalue weighted by Gasteiger charge is 2.23. The van der Waals surface area contributed by atoms with Crippen LogP contribution in [0.2, 0.25) is 0 Å². The normalized spacial score (nSPS) is 10.9. The number of fused-ring (bicyclic) bond motifs is 1. The van der Waals surface area contributed by atoms with Crippen LogP contribution in [0.25, 0.3) is 10.2 Å². The van der Waals surface area contributed by atoms with Crippen molar-refractivity contribution >= 4 is 32.6 Å². The van der Waals surface area contributed by atoms with Gasteiger partial charge < -0.3 is 0 Å². The molecule has 0 saturated heterocycles. The van der Waals surface area contributed by atoms with Gasteiger partial charge >= 0.3 is 0 Å². The van der Waals surface area contributed by atoms with Crippen molar-refractivity contribution < 1.29 is 4.79 Å². The molecular formula is C23H20N2OS. The van der Waals surface area contributed by atoms with Crippen molar-refractivity contribution in [2.45, 2.75) is 20.4 Å². The number of anilines is 1. The summed E-state index contributed by atoms with van der Waals surface area (Å²) in [4.78, 5) is 20.0. The highest BCUT2D eigenvalue weighted by molar-refractivity contribution is 7.22. The standard InChI is InChI=1S/C23H20N2OS/c1-16-12-13-19(17(2)14-16)22(26)25(15-18-8-4-3-5-9-18)23-24-20-10-6-7-11-21(20)27-23/h3-14H,15H2,1-2H3. The summed E-state index contributed by atoms with van der Waals surface area (Å²) in [6.07, 6.45) is 0. The molecule has 0 spiro atoms. The summed E-state index contributed by atoms with van der Waals surface area (Å²) >= 11 is 1.55. The van der Waals surface area contributed by atoms with Gasteiger partial charge in [-0.05, 0) is 43.2 Å². The maximum atomic E-state index is 13.5. The van der Waals surface area contributed by atoms with Crippen LogP contribution in [0.4, 0.5) is 5.13 Å². The molecule has 134 valence electrons. The summed E-state index contributed by atoms with van der Waals surface area (Å²) < 4.78 is 1.08. The average molecular weight is 372 g/mol. The largest absolute Gasteiger partial charge is 0.279 e. The summed E-state index contributed by atoms with van der Waals surface area (Å²) in [5, 5.41) is 0.727. The lowest BCUT2D eigenvalue weighted by Gasteiger charge is -2.21. The maximum absolute atomic E-state index is 13.5. The molecule has 0 aliphatic carbocycles. The predicted octanol–water partition coefficient (Wildman–Crippen LogP) is 5.76. The number of nitrogens with zero attached hydrogens (tertiary/aromatic N) is 2. The molecule has 4 heteroatoms. The first-order chi connectivity index (χ1) is 13.1. The number of aromatic nitrogens is 1. The van der Waals surface area contributed by atoms with Crippen LogP contribution in [0.1, 0.15) is 27.0 Å². The second-order valence-corrected chi connectivity index (χ2v) is 7.67. The van der Waals surface area contributed by atoms with E-state index in [1.807, 2.05) is 86.6 Å². The molecule has 1 aromatic heterocycles. The van der Waals surface area contributed by atoms with E-state index < -0.39 is 0 Å². The summed E-state index contributed by atoms with van der Waals surface area (Å²) in [5.74, 6) is -0.0181. The molecule has 0 unspecified atom stereocenters. The van der Waals surface area contributed by atoms with Gasteiger partial charge in [-0.3, -0.25) is 9.69 Å². The second kappa shape index (κ2) is 7.33. The number of para-hydroxylation sites is 1. The molecule has 0 saturated carbocycles. The van der Waals surface area contributed by atoms with Crippen molar-refractivity contribution in [3.8, 4) is 0 Å². The quantitative estimate of drug-likeness (QED) is 0.456. The second-order valence-electron chi connectivity index (χ2n) is 6.66. The van der Waals surface area contributed by atoms with Crippen LogP contribution in [0.3, 0.4) is 0 Å². The number of carbonyl (C=O) groups is 1. The molecule has 0 fully saturated rings. The van der Waals surface area contributed by atoms with Crippen molar-refractivity contribution in [2.75, 3.05) is 4.90 Å². The molecule has 3 nitrogen and oxygen atoms in total. The number of amides is 1. The average Bonchev–Trinajstić information content (AvgIpc) is 3.10. The van der Waals surface area contributed by atoms with Crippen molar-refractivity contribution in [3.05, 3.63) is 95.1 Å². The molecule has 1 amide bonds. The van der Waals surface area contributed by atoms with Crippen LogP contribution < -0.4 is 4.90 Å². The van der Waals surface area contributed by atoms with E-state index in [4.69, 9.17) is 4.98 Å². The number of rotatable bonds is 4. The summed E-state index contributed by atoms with van der Waals surface area (Å²) in [6.45, 7) is 4.52. The van der Waals surface area contributed by atoms with Crippen LogP contribution in [0, 0.1) is 13.8 Å². The minimum Gasteiger partial charge on any atom is -0.279 e. The third-order valence-corrected chi connectivity index (χ3v) is 5.61. The lowest BCUT2D eigenvalue weighted by molar-refractivity contribution is 0.0984. The zero-order chi connectivity index (χ0) is 18.8. The van der Waals surface area contributed by atoms with Crippen LogP contribution in [0.5, 0.6) is 0 Å². The Balaban J connectivity index is 1.78. The van der Waals surface area contributed by atoms with Gasteiger partial charge in [0.2, 0.25) is 0 Å². The molecule has 1 heterocycles. The first kappa shape index (κ1) is 17.4. The Hall–Kier alpha value is -2.98.